The lowest BCUT2D eigenvalue weighted by atomic mass is 10.1. The summed E-state index contributed by atoms with van der Waals surface area (Å²) < 4.78 is 0. The van der Waals surface area contributed by atoms with E-state index < -0.39 is 0 Å². The van der Waals surface area contributed by atoms with Crippen molar-refractivity contribution < 1.29 is 5.11 Å². The van der Waals surface area contributed by atoms with Crippen molar-refractivity contribution in [3.63, 3.8) is 0 Å². The molecule has 0 bridgehead atoms. The van der Waals surface area contributed by atoms with Crippen molar-refractivity contribution in [2.45, 2.75) is 96.1 Å². The van der Waals surface area contributed by atoms with E-state index >= 15 is 0 Å². The van der Waals surface area contributed by atoms with Crippen molar-refractivity contribution in [3.05, 3.63) is 0 Å². The quantitative estimate of drug-likeness (QED) is 0.482. The highest BCUT2D eigenvalue weighted by Gasteiger charge is 2.20. The minimum atomic E-state index is -0.0999. The van der Waals surface area contributed by atoms with E-state index in [0.717, 1.165) is 19.4 Å². The SMILES string of the molecule is CCCCCCCCCNC1CCCCCC1O. The van der Waals surface area contributed by atoms with E-state index in [0.29, 0.717) is 6.04 Å². The van der Waals surface area contributed by atoms with E-state index in [1.165, 1.54) is 64.2 Å². The van der Waals surface area contributed by atoms with Crippen LogP contribution in [0.15, 0.2) is 0 Å². The molecule has 1 aliphatic carbocycles. The lowest BCUT2D eigenvalue weighted by Gasteiger charge is -2.21. The summed E-state index contributed by atoms with van der Waals surface area (Å²) in [6, 6.07) is 0.368. The van der Waals surface area contributed by atoms with E-state index in [1.807, 2.05) is 0 Å². The first kappa shape index (κ1) is 16.0. The number of hydrogen-bond donors (Lipinski definition) is 2. The van der Waals surface area contributed by atoms with Crippen LogP contribution in [-0.2, 0) is 0 Å². The van der Waals surface area contributed by atoms with Gasteiger partial charge in [0.1, 0.15) is 0 Å². The van der Waals surface area contributed by atoms with Crippen molar-refractivity contribution >= 4 is 0 Å². The normalized spacial score (nSPS) is 25.0. The highest BCUT2D eigenvalue weighted by atomic mass is 16.3. The Labute approximate surface area is 114 Å². The van der Waals surface area contributed by atoms with E-state index in [1.54, 1.807) is 0 Å². The van der Waals surface area contributed by atoms with Gasteiger partial charge >= 0.3 is 0 Å². The minimum absolute atomic E-state index is 0.0999. The molecule has 2 atom stereocenters. The van der Waals surface area contributed by atoms with Crippen molar-refractivity contribution in [1.82, 2.24) is 5.32 Å². The second-order valence-corrected chi connectivity index (χ2v) is 5.89. The lowest BCUT2D eigenvalue weighted by molar-refractivity contribution is 0.120. The van der Waals surface area contributed by atoms with Gasteiger partial charge in [-0.15, -0.1) is 0 Å². The zero-order valence-electron chi connectivity index (χ0n) is 12.3. The highest BCUT2D eigenvalue weighted by Crippen LogP contribution is 2.18. The van der Waals surface area contributed by atoms with Crippen molar-refractivity contribution in [3.8, 4) is 0 Å². The van der Waals surface area contributed by atoms with Gasteiger partial charge in [-0.1, -0.05) is 64.7 Å². The molecule has 1 fully saturated rings. The smallest absolute Gasteiger partial charge is 0.0693 e. The van der Waals surface area contributed by atoms with E-state index in [4.69, 9.17) is 0 Å². The maximum atomic E-state index is 9.99. The van der Waals surface area contributed by atoms with Gasteiger partial charge in [0.05, 0.1) is 6.10 Å². The maximum Gasteiger partial charge on any atom is 0.0693 e. The molecule has 1 rings (SSSR count). The second-order valence-electron chi connectivity index (χ2n) is 5.89. The Kier molecular flexibility index (Phi) is 9.59. The Bertz CT molecular complexity index is 184. The van der Waals surface area contributed by atoms with Gasteiger partial charge in [-0.05, 0) is 25.8 Å². The fraction of sp³-hybridized carbons (Fsp3) is 1.00. The molecule has 0 amide bonds. The van der Waals surface area contributed by atoms with Gasteiger partial charge in [0.15, 0.2) is 0 Å². The van der Waals surface area contributed by atoms with Crippen LogP contribution in [0.5, 0.6) is 0 Å². The van der Waals surface area contributed by atoms with E-state index in [-0.39, 0.29) is 6.10 Å². The Balaban J connectivity index is 1.93. The van der Waals surface area contributed by atoms with Gasteiger partial charge in [0, 0.05) is 6.04 Å². The van der Waals surface area contributed by atoms with E-state index in [9.17, 15) is 5.11 Å². The van der Waals surface area contributed by atoms with Gasteiger partial charge in [0.25, 0.3) is 0 Å². The molecule has 1 aliphatic rings. The number of nitrogens with one attached hydrogen (secondary N) is 1. The van der Waals surface area contributed by atoms with Gasteiger partial charge in [-0.25, -0.2) is 0 Å². The highest BCUT2D eigenvalue weighted by molar-refractivity contribution is 4.78. The lowest BCUT2D eigenvalue weighted by Crippen LogP contribution is -2.39. The third-order valence-electron chi connectivity index (χ3n) is 4.17. The summed E-state index contributed by atoms with van der Waals surface area (Å²) in [6.07, 6.45) is 15.4. The van der Waals surface area contributed by atoms with Crippen molar-refractivity contribution in [1.29, 1.82) is 0 Å². The largest absolute Gasteiger partial charge is 0.392 e. The van der Waals surface area contributed by atoms with Gasteiger partial charge in [0.2, 0.25) is 0 Å². The molecule has 0 heterocycles. The standard InChI is InChI=1S/C16H33NO/c1-2-3-4-5-6-7-11-14-17-15-12-9-8-10-13-16(15)18/h15-18H,2-14H2,1H3. The number of aliphatic hydroxyl groups excluding tert-OH is 1. The van der Waals surface area contributed by atoms with Crippen LogP contribution in [0.4, 0.5) is 0 Å². The van der Waals surface area contributed by atoms with Gasteiger partial charge < -0.3 is 10.4 Å². The molecular formula is C16H33NO. The average molecular weight is 255 g/mol. The molecule has 0 spiro atoms. The molecule has 108 valence electrons. The molecule has 0 aliphatic heterocycles. The first-order valence-electron chi connectivity index (χ1n) is 8.26. The van der Waals surface area contributed by atoms with Crippen molar-refractivity contribution in [2.24, 2.45) is 0 Å². The fourth-order valence-corrected chi connectivity index (χ4v) is 2.90. The second kappa shape index (κ2) is 10.8. The molecule has 0 aromatic rings. The maximum absolute atomic E-state index is 9.99. The van der Waals surface area contributed by atoms with Gasteiger partial charge in [-0.3, -0.25) is 0 Å². The third-order valence-corrected chi connectivity index (χ3v) is 4.17. The predicted molar refractivity (Wildman–Crippen MR) is 78.9 cm³/mol. The molecular weight excluding hydrogens is 222 g/mol. The monoisotopic (exact) mass is 255 g/mol. The van der Waals surface area contributed by atoms with E-state index in [2.05, 4.69) is 12.2 Å². The summed E-state index contributed by atoms with van der Waals surface area (Å²) in [5, 5.41) is 13.5. The van der Waals surface area contributed by atoms with Crippen LogP contribution in [0.1, 0.15) is 84.0 Å². The Hall–Kier alpha value is -0.0800. The third kappa shape index (κ3) is 7.38. The number of rotatable bonds is 9. The van der Waals surface area contributed by atoms with Gasteiger partial charge in [-0.2, -0.15) is 0 Å². The molecule has 0 aromatic carbocycles. The zero-order valence-corrected chi connectivity index (χ0v) is 12.3. The van der Waals surface area contributed by atoms with Crippen LogP contribution >= 0.6 is 0 Å². The van der Waals surface area contributed by atoms with Crippen LogP contribution in [0.25, 0.3) is 0 Å². The van der Waals surface area contributed by atoms with Crippen LogP contribution in [0.3, 0.4) is 0 Å². The minimum Gasteiger partial charge on any atom is -0.392 e. The number of unbranched alkanes of at least 4 members (excludes halogenated alkanes) is 6. The summed E-state index contributed by atoms with van der Waals surface area (Å²) in [4.78, 5) is 0. The topological polar surface area (TPSA) is 32.3 Å². The first-order chi connectivity index (χ1) is 8.84. The fourth-order valence-electron chi connectivity index (χ4n) is 2.90. The van der Waals surface area contributed by atoms with Crippen LogP contribution in [-0.4, -0.2) is 23.8 Å². The summed E-state index contributed by atoms with van der Waals surface area (Å²) in [5.41, 5.74) is 0. The summed E-state index contributed by atoms with van der Waals surface area (Å²) in [6.45, 7) is 3.36. The van der Waals surface area contributed by atoms with Crippen LogP contribution < -0.4 is 5.32 Å². The molecule has 2 unspecified atom stereocenters. The Morgan fingerprint density at radius 3 is 2.33 bits per heavy atom. The number of hydrogen-bond acceptors (Lipinski definition) is 2. The molecule has 2 N–H and O–H groups in total. The average Bonchev–Trinajstić information content (AvgIpc) is 2.58. The summed E-state index contributed by atoms with van der Waals surface area (Å²) in [5.74, 6) is 0. The number of aliphatic hydroxyl groups is 1. The molecule has 2 nitrogen and oxygen atoms in total. The van der Waals surface area contributed by atoms with Crippen molar-refractivity contribution in [2.75, 3.05) is 6.54 Å². The summed E-state index contributed by atoms with van der Waals surface area (Å²) >= 11 is 0. The molecule has 0 aromatic heterocycles. The summed E-state index contributed by atoms with van der Waals surface area (Å²) in [7, 11) is 0. The molecule has 1 saturated carbocycles. The Morgan fingerprint density at radius 1 is 0.889 bits per heavy atom. The molecule has 0 saturated heterocycles. The van der Waals surface area contributed by atoms with Crippen LogP contribution in [0.2, 0.25) is 0 Å². The molecule has 18 heavy (non-hydrogen) atoms. The Morgan fingerprint density at radius 2 is 1.56 bits per heavy atom. The molecule has 0 radical (unpaired) electrons. The van der Waals surface area contributed by atoms with Crippen LogP contribution in [0, 0.1) is 0 Å². The first-order valence-corrected chi connectivity index (χ1v) is 8.26. The predicted octanol–water partition coefficient (Wildman–Crippen LogP) is 4.02. The molecule has 2 heteroatoms. The zero-order chi connectivity index (χ0) is 13.1.